The summed E-state index contributed by atoms with van der Waals surface area (Å²) in [6, 6.07) is 12.1. The second-order valence-corrected chi connectivity index (χ2v) is 7.95. The lowest BCUT2D eigenvalue weighted by Gasteiger charge is -2.38. The first-order chi connectivity index (χ1) is 15.0. The SMILES string of the molecule is O=C(NCC1(c2cccc(Cl)c2)CCOCC1)c1ccc(-n2ccnc2)c([N+](=O)[O-])c1. The van der Waals surface area contributed by atoms with Gasteiger partial charge in [0, 0.05) is 54.2 Å². The zero-order valence-electron chi connectivity index (χ0n) is 16.7. The van der Waals surface area contributed by atoms with Crippen molar-refractivity contribution in [3.63, 3.8) is 0 Å². The van der Waals surface area contributed by atoms with Gasteiger partial charge in [0.2, 0.25) is 0 Å². The van der Waals surface area contributed by atoms with Crippen molar-refractivity contribution in [3.05, 3.63) is 87.4 Å². The average molecular weight is 441 g/mol. The number of hydrogen-bond donors (Lipinski definition) is 1. The summed E-state index contributed by atoms with van der Waals surface area (Å²) >= 11 is 6.20. The summed E-state index contributed by atoms with van der Waals surface area (Å²) in [7, 11) is 0. The first-order valence-corrected chi connectivity index (χ1v) is 10.3. The summed E-state index contributed by atoms with van der Waals surface area (Å²) in [6.45, 7) is 1.56. The van der Waals surface area contributed by atoms with Crippen molar-refractivity contribution < 1.29 is 14.5 Å². The molecule has 1 fully saturated rings. The maximum absolute atomic E-state index is 12.9. The van der Waals surface area contributed by atoms with Crippen LogP contribution in [0.25, 0.3) is 5.69 Å². The van der Waals surface area contributed by atoms with E-state index in [9.17, 15) is 14.9 Å². The van der Waals surface area contributed by atoms with Crippen LogP contribution in [-0.4, -0.2) is 40.1 Å². The zero-order valence-corrected chi connectivity index (χ0v) is 17.4. The van der Waals surface area contributed by atoms with Gasteiger partial charge in [-0.15, -0.1) is 0 Å². The topological polar surface area (TPSA) is 99.3 Å². The van der Waals surface area contributed by atoms with Gasteiger partial charge in [0.1, 0.15) is 5.69 Å². The van der Waals surface area contributed by atoms with E-state index in [4.69, 9.17) is 16.3 Å². The van der Waals surface area contributed by atoms with E-state index in [1.165, 1.54) is 23.2 Å². The number of aromatic nitrogens is 2. The fraction of sp³-hybridized carbons (Fsp3) is 0.273. The second-order valence-electron chi connectivity index (χ2n) is 7.52. The summed E-state index contributed by atoms with van der Waals surface area (Å²) in [5.41, 5.74) is 1.15. The third kappa shape index (κ3) is 4.45. The predicted molar refractivity (Wildman–Crippen MR) is 116 cm³/mol. The maximum Gasteiger partial charge on any atom is 0.294 e. The molecule has 0 atom stereocenters. The van der Waals surface area contributed by atoms with Crippen LogP contribution in [0.4, 0.5) is 5.69 Å². The Labute approximate surface area is 184 Å². The number of rotatable bonds is 6. The third-order valence-electron chi connectivity index (χ3n) is 5.69. The van der Waals surface area contributed by atoms with Gasteiger partial charge in [-0.25, -0.2) is 4.98 Å². The van der Waals surface area contributed by atoms with Gasteiger partial charge in [-0.05, 0) is 42.7 Å². The molecule has 0 spiro atoms. The molecule has 160 valence electrons. The average Bonchev–Trinajstić information content (AvgIpc) is 3.32. The van der Waals surface area contributed by atoms with E-state index in [1.54, 1.807) is 18.3 Å². The Morgan fingerprint density at radius 1 is 1.26 bits per heavy atom. The molecule has 0 aliphatic carbocycles. The molecular formula is C22H21ClN4O4. The van der Waals surface area contributed by atoms with Crippen molar-refractivity contribution in [1.82, 2.24) is 14.9 Å². The van der Waals surface area contributed by atoms with Crippen LogP contribution in [0.5, 0.6) is 0 Å². The molecule has 1 aromatic heterocycles. The molecule has 1 aliphatic heterocycles. The van der Waals surface area contributed by atoms with Crippen molar-refractivity contribution in [3.8, 4) is 5.69 Å². The number of nitrogens with one attached hydrogen (secondary N) is 1. The number of imidazole rings is 1. The minimum Gasteiger partial charge on any atom is -0.381 e. The lowest BCUT2D eigenvalue weighted by molar-refractivity contribution is -0.384. The molecule has 0 saturated carbocycles. The Morgan fingerprint density at radius 3 is 2.74 bits per heavy atom. The van der Waals surface area contributed by atoms with E-state index >= 15 is 0 Å². The highest BCUT2D eigenvalue weighted by molar-refractivity contribution is 6.30. The first kappa shape index (κ1) is 21.0. The predicted octanol–water partition coefficient (Wildman–Crippen LogP) is 3.91. The van der Waals surface area contributed by atoms with Gasteiger partial charge in [-0.3, -0.25) is 14.9 Å². The van der Waals surface area contributed by atoms with Crippen molar-refractivity contribution >= 4 is 23.2 Å². The van der Waals surface area contributed by atoms with Crippen LogP contribution >= 0.6 is 11.6 Å². The molecule has 3 aromatic rings. The largest absolute Gasteiger partial charge is 0.381 e. The number of benzene rings is 2. The van der Waals surface area contributed by atoms with E-state index < -0.39 is 4.92 Å². The van der Waals surface area contributed by atoms with Gasteiger partial charge in [-0.1, -0.05) is 23.7 Å². The number of halogens is 1. The van der Waals surface area contributed by atoms with E-state index in [1.807, 2.05) is 24.3 Å². The number of ether oxygens (including phenoxy) is 1. The molecule has 1 saturated heterocycles. The quantitative estimate of drug-likeness (QED) is 0.462. The number of carbonyl (C=O) groups excluding carboxylic acids is 1. The fourth-order valence-corrected chi connectivity index (χ4v) is 4.12. The lowest BCUT2D eigenvalue weighted by atomic mass is 9.74. The standard InChI is InChI=1S/C22H21ClN4O4/c23-18-3-1-2-17(13-18)22(6-10-31-11-7-22)14-25-21(28)16-4-5-19(20(12-16)27(29)30)26-9-8-24-15-26/h1-5,8-9,12-13,15H,6-7,10-11,14H2,(H,25,28). The van der Waals surface area contributed by atoms with Crippen molar-refractivity contribution in [2.75, 3.05) is 19.8 Å². The van der Waals surface area contributed by atoms with Crippen LogP contribution in [-0.2, 0) is 10.2 Å². The summed E-state index contributed by atoms with van der Waals surface area (Å²) in [6.07, 6.45) is 6.11. The minimum absolute atomic E-state index is 0.165. The number of carbonyl (C=O) groups is 1. The van der Waals surface area contributed by atoms with E-state index in [0.717, 1.165) is 18.4 Å². The Hall–Kier alpha value is -3.23. The highest BCUT2D eigenvalue weighted by atomic mass is 35.5. The molecule has 2 aromatic carbocycles. The van der Waals surface area contributed by atoms with Crippen LogP contribution < -0.4 is 5.32 Å². The van der Waals surface area contributed by atoms with E-state index in [0.29, 0.717) is 30.5 Å². The van der Waals surface area contributed by atoms with Crippen LogP contribution in [0.15, 0.2) is 61.2 Å². The monoisotopic (exact) mass is 440 g/mol. The van der Waals surface area contributed by atoms with Crippen LogP contribution in [0.2, 0.25) is 5.02 Å². The van der Waals surface area contributed by atoms with Gasteiger partial charge in [0.15, 0.2) is 0 Å². The van der Waals surface area contributed by atoms with Gasteiger partial charge < -0.3 is 14.6 Å². The number of nitro groups is 1. The molecule has 0 bridgehead atoms. The third-order valence-corrected chi connectivity index (χ3v) is 5.93. The summed E-state index contributed by atoms with van der Waals surface area (Å²) in [5, 5.41) is 15.2. The van der Waals surface area contributed by atoms with Gasteiger partial charge >= 0.3 is 0 Å². The van der Waals surface area contributed by atoms with Crippen LogP contribution in [0.1, 0.15) is 28.8 Å². The summed E-state index contributed by atoms with van der Waals surface area (Å²) in [5.74, 6) is -0.367. The van der Waals surface area contributed by atoms with E-state index in [-0.39, 0.29) is 22.6 Å². The molecule has 31 heavy (non-hydrogen) atoms. The molecule has 0 radical (unpaired) electrons. The molecule has 1 amide bonds. The molecule has 1 N–H and O–H groups in total. The molecule has 0 unspecified atom stereocenters. The Kier molecular flexibility index (Phi) is 6.01. The van der Waals surface area contributed by atoms with Gasteiger partial charge in [0.25, 0.3) is 11.6 Å². The first-order valence-electron chi connectivity index (χ1n) is 9.87. The molecular weight excluding hydrogens is 420 g/mol. The molecule has 2 heterocycles. The van der Waals surface area contributed by atoms with Gasteiger partial charge in [0.05, 0.1) is 11.3 Å². The van der Waals surface area contributed by atoms with Crippen LogP contribution in [0.3, 0.4) is 0 Å². The number of amides is 1. The highest BCUT2D eigenvalue weighted by Crippen LogP contribution is 2.35. The zero-order chi connectivity index (χ0) is 21.8. The van der Waals surface area contributed by atoms with Crippen molar-refractivity contribution in [2.24, 2.45) is 0 Å². The molecule has 8 nitrogen and oxygen atoms in total. The second kappa shape index (κ2) is 8.87. The number of nitrogens with zero attached hydrogens (tertiary/aromatic N) is 3. The Bertz CT molecular complexity index is 1090. The normalized spacial score (nSPS) is 15.4. The molecule has 9 heteroatoms. The lowest BCUT2D eigenvalue weighted by Crippen LogP contribution is -2.44. The number of nitro benzene ring substituents is 1. The fourth-order valence-electron chi connectivity index (χ4n) is 3.93. The van der Waals surface area contributed by atoms with Crippen LogP contribution in [0, 0.1) is 10.1 Å². The van der Waals surface area contributed by atoms with Crippen molar-refractivity contribution in [1.29, 1.82) is 0 Å². The summed E-state index contributed by atoms with van der Waals surface area (Å²) in [4.78, 5) is 27.9. The summed E-state index contributed by atoms with van der Waals surface area (Å²) < 4.78 is 7.07. The maximum atomic E-state index is 12.9. The highest BCUT2D eigenvalue weighted by Gasteiger charge is 2.35. The minimum atomic E-state index is -0.502. The molecule has 1 aliphatic rings. The Morgan fingerprint density at radius 2 is 2.06 bits per heavy atom. The van der Waals surface area contributed by atoms with Gasteiger partial charge in [-0.2, -0.15) is 0 Å². The smallest absolute Gasteiger partial charge is 0.294 e. The Balaban J connectivity index is 1.57. The molecule has 4 rings (SSSR count). The number of hydrogen-bond acceptors (Lipinski definition) is 5. The van der Waals surface area contributed by atoms with E-state index in [2.05, 4.69) is 10.3 Å². The van der Waals surface area contributed by atoms with Crippen molar-refractivity contribution in [2.45, 2.75) is 18.3 Å².